The first kappa shape index (κ1) is 19.7. The van der Waals surface area contributed by atoms with Crippen LogP contribution in [0.15, 0.2) is 42.5 Å². The Morgan fingerprint density at radius 1 is 1.07 bits per heavy atom. The molecule has 0 aliphatic heterocycles. The smallest absolute Gasteiger partial charge is 0.336 e. The van der Waals surface area contributed by atoms with E-state index in [1.165, 1.54) is 0 Å². The lowest BCUT2D eigenvalue weighted by atomic mass is 10.0. The predicted octanol–water partition coefficient (Wildman–Crippen LogP) is 5.49. The van der Waals surface area contributed by atoms with E-state index >= 15 is 0 Å². The first-order valence-electron chi connectivity index (χ1n) is 9.58. The molecule has 0 atom stereocenters. The molecule has 0 saturated carbocycles. The number of hydrogen-bond acceptors (Lipinski definition) is 4. The van der Waals surface area contributed by atoms with Crippen LogP contribution in [0.2, 0.25) is 0 Å². The fourth-order valence-corrected chi connectivity index (χ4v) is 3.10. The quantitative estimate of drug-likeness (QED) is 0.524. The topological polar surface area (TPSA) is 68.7 Å². The van der Waals surface area contributed by atoms with E-state index in [2.05, 4.69) is 6.92 Å². The van der Waals surface area contributed by atoms with Gasteiger partial charge in [0.15, 0.2) is 11.5 Å². The maximum absolute atomic E-state index is 11.8. The third kappa shape index (κ3) is 4.09. The molecular formula is C23H25NO4. The number of para-hydroxylation sites is 1. The van der Waals surface area contributed by atoms with Gasteiger partial charge in [0, 0.05) is 10.9 Å². The molecule has 0 saturated heterocycles. The second-order valence-electron chi connectivity index (χ2n) is 6.63. The lowest BCUT2D eigenvalue weighted by molar-refractivity contribution is 0.0699. The van der Waals surface area contributed by atoms with E-state index < -0.39 is 5.97 Å². The van der Waals surface area contributed by atoms with E-state index in [1.54, 1.807) is 12.1 Å². The van der Waals surface area contributed by atoms with E-state index in [0.29, 0.717) is 41.3 Å². The molecule has 5 nitrogen and oxygen atoms in total. The average molecular weight is 379 g/mol. The van der Waals surface area contributed by atoms with Crippen LogP contribution in [0, 0.1) is 6.92 Å². The number of hydrogen-bond donors (Lipinski definition) is 1. The molecule has 1 heterocycles. The lowest BCUT2D eigenvalue weighted by Gasteiger charge is -2.14. The van der Waals surface area contributed by atoms with Gasteiger partial charge < -0.3 is 14.6 Å². The number of aromatic carboxylic acids is 1. The Hall–Kier alpha value is -3.08. The van der Waals surface area contributed by atoms with Crippen molar-refractivity contribution in [1.82, 2.24) is 4.98 Å². The number of pyridine rings is 1. The Morgan fingerprint density at radius 3 is 2.61 bits per heavy atom. The molecular weight excluding hydrogens is 354 g/mol. The van der Waals surface area contributed by atoms with E-state index in [0.717, 1.165) is 24.0 Å². The Kier molecular flexibility index (Phi) is 6.14. The number of nitrogens with zero attached hydrogens (tertiary/aromatic N) is 1. The summed E-state index contributed by atoms with van der Waals surface area (Å²) in [6.45, 7) is 7.11. The molecule has 1 aromatic heterocycles. The summed E-state index contributed by atoms with van der Waals surface area (Å²) in [5, 5.41) is 10.3. The van der Waals surface area contributed by atoms with E-state index in [9.17, 15) is 9.90 Å². The van der Waals surface area contributed by atoms with Gasteiger partial charge in [-0.2, -0.15) is 0 Å². The SMILES string of the molecule is CCCCOc1ccc(-c2cc(C(=O)O)c3cccc(C)c3n2)cc1OCC. The molecule has 0 bridgehead atoms. The van der Waals surface area contributed by atoms with Gasteiger partial charge in [-0.15, -0.1) is 0 Å². The number of rotatable bonds is 8. The standard InChI is InChI=1S/C23H25NO4/c1-4-6-12-28-20-11-10-16(13-21(20)27-5-2)19-14-18(23(25)26)17-9-7-8-15(3)22(17)24-19/h7-11,13-14H,4-6,12H2,1-3H3,(H,25,26). The molecule has 28 heavy (non-hydrogen) atoms. The van der Waals surface area contributed by atoms with Gasteiger partial charge in [-0.05, 0) is 50.1 Å². The zero-order chi connectivity index (χ0) is 20.1. The summed E-state index contributed by atoms with van der Waals surface area (Å²) in [6.07, 6.45) is 2.03. The van der Waals surface area contributed by atoms with Gasteiger partial charge >= 0.3 is 5.97 Å². The van der Waals surface area contributed by atoms with Crippen LogP contribution in [0.3, 0.4) is 0 Å². The molecule has 3 rings (SSSR count). The maximum atomic E-state index is 11.8. The van der Waals surface area contributed by atoms with E-state index in [4.69, 9.17) is 14.5 Å². The van der Waals surface area contributed by atoms with Crippen molar-refractivity contribution in [1.29, 1.82) is 0 Å². The Bertz CT molecular complexity index is 997. The molecule has 146 valence electrons. The summed E-state index contributed by atoms with van der Waals surface area (Å²) in [6, 6.07) is 12.8. The minimum atomic E-state index is -0.969. The van der Waals surface area contributed by atoms with Crippen LogP contribution < -0.4 is 9.47 Å². The zero-order valence-corrected chi connectivity index (χ0v) is 16.5. The van der Waals surface area contributed by atoms with Crippen molar-refractivity contribution in [2.75, 3.05) is 13.2 Å². The molecule has 0 radical (unpaired) electrons. The molecule has 1 N–H and O–H groups in total. The first-order valence-corrected chi connectivity index (χ1v) is 9.58. The normalized spacial score (nSPS) is 10.8. The van der Waals surface area contributed by atoms with Crippen LogP contribution in [0.25, 0.3) is 22.2 Å². The molecule has 2 aromatic carbocycles. The van der Waals surface area contributed by atoms with Gasteiger partial charge in [-0.1, -0.05) is 31.5 Å². The number of aromatic nitrogens is 1. The number of aryl methyl sites for hydroxylation is 1. The summed E-state index contributed by atoms with van der Waals surface area (Å²) in [4.78, 5) is 16.5. The fraction of sp³-hybridized carbons (Fsp3) is 0.304. The van der Waals surface area contributed by atoms with Crippen LogP contribution in [-0.4, -0.2) is 29.3 Å². The minimum absolute atomic E-state index is 0.241. The minimum Gasteiger partial charge on any atom is -0.490 e. The highest BCUT2D eigenvalue weighted by molar-refractivity contribution is 6.04. The largest absolute Gasteiger partial charge is 0.490 e. The molecule has 0 spiro atoms. The molecule has 0 unspecified atom stereocenters. The number of ether oxygens (including phenoxy) is 2. The predicted molar refractivity (Wildman–Crippen MR) is 110 cm³/mol. The van der Waals surface area contributed by atoms with Crippen molar-refractivity contribution in [3.8, 4) is 22.8 Å². The molecule has 0 aliphatic rings. The Labute approximate surface area is 164 Å². The van der Waals surface area contributed by atoms with Crippen LogP contribution in [0.5, 0.6) is 11.5 Å². The van der Waals surface area contributed by atoms with Gasteiger partial charge in [-0.25, -0.2) is 9.78 Å². The van der Waals surface area contributed by atoms with Crippen molar-refractivity contribution < 1.29 is 19.4 Å². The highest BCUT2D eigenvalue weighted by Crippen LogP contribution is 2.34. The highest BCUT2D eigenvalue weighted by atomic mass is 16.5. The number of unbranched alkanes of at least 4 members (excludes halogenated alkanes) is 1. The van der Waals surface area contributed by atoms with Crippen LogP contribution in [-0.2, 0) is 0 Å². The second-order valence-corrected chi connectivity index (χ2v) is 6.63. The third-order valence-corrected chi connectivity index (χ3v) is 4.57. The summed E-state index contributed by atoms with van der Waals surface area (Å²) in [5.41, 5.74) is 3.26. The van der Waals surface area contributed by atoms with Crippen LogP contribution in [0.1, 0.15) is 42.6 Å². The molecule has 0 aliphatic carbocycles. The van der Waals surface area contributed by atoms with E-state index in [1.807, 2.05) is 44.2 Å². The summed E-state index contributed by atoms with van der Waals surface area (Å²) >= 11 is 0. The van der Waals surface area contributed by atoms with Crippen molar-refractivity contribution >= 4 is 16.9 Å². The second kappa shape index (κ2) is 8.74. The van der Waals surface area contributed by atoms with Crippen molar-refractivity contribution in [2.45, 2.75) is 33.6 Å². The molecule has 3 aromatic rings. The highest BCUT2D eigenvalue weighted by Gasteiger charge is 2.15. The van der Waals surface area contributed by atoms with Crippen LogP contribution >= 0.6 is 0 Å². The number of fused-ring (bicyclic) bond motifs is 1. The monoisotopic (exact) mass is 379 g/mol. The Balaban J connectivity index is 2.09. The molecule has 5 heteroatoms. The van der Waals surface area contributed by atoms with Crippen molar-refractivity contribution in [2.24, 2.45) is 0 Å². The number of carbonyl (C=O) groups is 1. The third-order valence-electron chi connectivity index (χ3n) is 4.57. The number of carboxylic acid groups (broad SMARTS) is 1. The Morgan fingerprint density at radius 2 is 1.89 bits per heavy atom. The summed E-state index contributed by atoms with van der Waals surface area (Å²) < 4.78 is 11.6. The van der Waals surface area contributed by atoms with Gasteiger partial charge in [0.25, 0.3) is 0 Å². The van der Waals surface area contributed by atoms with Gasteiger partial charge in [0.1, 0.15) is 0 Å². The first-order chi connectivity index (χ1) is 13.5. The summed E-state index contributed by atoms with van der Waals surface area (Å²) in [5.74, 6) is 0.359. The fourth-order valence-electron chi connectivity index (χ4n) is 3.10. The lowest BCUT2D eigenvalue weighted by Crippen LogP contribution is -2.02. The zero-order valence-electron chi connectivity index (χ0n) is 16.5. The maximum Gasteiger partial charge on any atom is 0.336 e. The van der Waals surface area contributed by atoms with Crippen molar-refractivity contribution in [3.63, 3.8) is 0 Å². The van der Waals surface area contributed by atoms with Crippen molar-refractivity contribution in [3.05, 3.63) is 53.6 Å². The van der Waals surface area contributed by atoms with Gasteiger partial charge in [0.05, 0.1) is 30.0 Å². The molecule has 0 fully saturated rings. The van der Waals surface area contributed by atoms with Gasteiger partial charge in [0.2, 0.25) is 0 Å². The number of carboxylic acids is 1. The van der Waals surface area contributed by atoms with E-state index in [-0.39, 0.29) is 5.56 Å². The molecule has 0 amide bonds. The average Bonchev–Trinajstić information content (AvgIpc) is 2.69. The van der Waals surface area contributed by atoms with Gasteiger partial charge in [-0.3, -0.25) is 0 Å². The summed E-state index contributed by atoms with van der Waals surface area (Å²) in [7, 11) is 0. The number of benzene rings is 2. The van der Waals surface area contributed by atoms with Crippen LogP contribution in [0.4, 0.5) is 0 Å².